The topological polar surface area (TPSA) is 43.7 Å². The van der Waals surface area contributed by atoms with Crippen molar-refractivity contribution in [3.05, 3.63) is 47.4 Å². The monoisotopic (exact) mass is 217 g/mol. The molecule has 2 N–H and O–H groups in total. The number of hydrogen-bond donors (Lipinski definition) is 2. The highest BCUT2D eigenvalue weighted by molar-refractivity contribution is 6.50. The molecule has 1 heterocycles. The molecule has 0 fully saturated rings. The zero-order valence-corrected chi connectivity index (χ0v) is 9.21. The van der Waals surface area contributed by atoms with Crippen molar-refractivity contribution < 1.29 is 10.0 Å². The lowest BCUT2D eigenvalue weighted by atomic mass is 9.77. The van der Waals surface area contributed by atoms with E-state index in [9.17, 15) is 0 Å². The molecule has 2 rings (SSSR count). The van der Waals surface area contributed by atoms with Crippen LogP contribution in [0.5, 0.6) is 0 Å². The molecule has 0 atom stereocenters. The minimum atomic E-state index is -1.31. The third kappa shape index (κ3) is 2.95. The van der Waals surface area contributed by atoms with Gasteiger partial charge in [0.05, 0.1) is 0 Å². The molecular weight excluding hydrogens is 201 g/mol. The molecule has 1 aliphatic rings. The van der Waals surface area contributed by atoms with Crippen molar-refractivity contribution in [2.24, 2.45) is 0 Å². The Labute approximate surface area is 96.2 Å². The predicted octanol–water partition coefficient (Wildman–Crippen LogP) is 0.831. The Hall–Kier alpha value is -1.10. The summed E-state index contributed by atoms with van der Waals surface area (Å²) in [6.07, 6.45) is 2.81. The maximum absolute atomic E-state index is 9.12. The first kappa shape index (κ1) is 11.4. The molecule has 0 unspecified atom stereocenters. The second-order valence-corrected chi connectivity index (χ2v) is 4.14. The van der Waals surface area contributed by atoms with Gasteiger partial charge >= 0.3 is 7.12 Å². The van der Waals surface area contributed by atoms with Gasteiger partial charge in [-0.2, -0.15) is 0 Å². The van der Waals surface area contributed by atoms with Crippen molar-refractivity contribution in [1.29, 1.82) is 0 Å². The van der Waals surface area contributed by atoms with E-state index < -0.39 is 7.12 Å². The van der Waals surface area contributed by atoms with Gasteiger partial charge in [0.15, 0.2) is 0 Å². The highest BCUT2D eigenvalue weighted by atomic mass is 16.4. The van der Waals surface area contributed by atoms with Crippen molar-refractivity contribution in [3.8, 4) is 0 Å². The molecule has 0 aliphatic carbocycles. The highest BCUT2D eigenvalue weighted by Crippen LogP contribution is 2.13. The van der Waals surface area contributed by atoms with Gasteiger partial charge in [-0.3, -0.25) is 4.90 Å². The molecule has 0 spiro atoms. The van der Waals surface area contributed by atoms with Crippen molar-refractivity contribution >= 4 is 7.12 Å². The van der Waals surface area contributed by atoms with Crippen molar-refractivity contribution in [3.63, 3.8) is 0 Å². The summed E-state index contributed by atoms with van der Waals surface area (Å²) in [6.45, 7) is 2.49. The molecule has 0 amide bonds. The molecular formula is C12H16BNO2. The molecule has 1 aromatic rings. The number of nitrogens with zero attached hydrogens (tertiary/aromatic N) is 1. The van der Waals surface area contributed by atoms with Crippen LogP contribution < -0.4 is 0 Å². The van der Waals surface area contributed by atoms with E-state index in [1.165, 1.54) is 5.56 Å². The SMILES string of the molecule is OB(O)C1=CCCN(Cc2ccccc2)C1. The fourth-order valence-corrected chi connectivity index (χ4v) is 2.00. The van der Waals surface area contributed by atoms with Crippen LogP contribution in [0.15, 0.2) is 41.9 Å². The second kappa shape index (κ2) is 5.30. The van der Waals surface area contributed by atoms with Gasteiger partial charge in [-0.05, 0) is 17.5 Å². The first-order valence-corrected chi connectivity index (χ1v) is 5.57. The molecule has 4 heteroatoms. The molecule has 0 saturated heterocycles. The molecule has 16 heavy (non-hydrogen) atoms. The third-order valence-electron chi connectivity index (χ3n) is 2.84. The first-order chi connectivity index (χ1) is 7.75. The summed E-state index contributed by atoms with van der Waals surface area (Å²) in [5.41, 5.74) is 1.97. The summed E-state index contributed by atoms with van der Waals surface area (Å²) in [6, 6.07) is 10.2. The van der Waals surface area contributed by atoms with Crippen LogP contribution in [0, 0.1) is 0 Å². The maximum Gasteiger partial charge on any atom is 0.485 e. The summed E-state index contributed by atoms with van der Waals surface area (Å²) >= 11 is 0. The summed E-state index contributed by atoms with van der Waals surface area (Å²) in [7, 11) is -1.31. The summed E-state index contributed by atoms with van der Waals surface area (Å²) in [5.74, 6) is 0. The van der Waals surface area contributed by atoms with Crippen LogP contribution in [0.2, 0.25) is 0 Å². The van der Waals surface area contributed by atoms with E-state index in [1.807, 2.05) is 24.3 Å². The quantitative estimate of drug-likeness (QED) is 0.737. The van der Waals surface area contributed by atoms with E-state index in [0.29, 0.717) is 12.0 Å². The Morgan fingerprint density at radius 1 is 1.19 bits per heavy atom. The lowest BCUT2D eigenvalue weighted by Crippen LogP contribution is -2.34. The lowest BCUT2D eigenvalue weighted by Gasteiger charge is -2.27. The molecule has 0 aromatic heterocycles. The molecule has 0 bridgehead atoms. The maximum atomic E-state index is 9.12. The summed E-state index contributed by atoms with van der Waals surface area (Å²) in [5, 5.41) is 18.2. The van der Waals surface area contributed by atoms with Gasteiger partial charge in [0.1, 0.15) is 0 Å². The normalized spacial score (nSPS) is 17.0. The van der Waals surface area contributed by atoms with Gasteiger partial charge in [-0.1, -0.05) is 36.4 Å². The van der Waals surface area contributed by atoms with Crippen LogP contribution in [0.3, 0.4) is 0 Å². The lowest BCUT2D eigenvalue weighted by molar-refractivity contribution is 0.280. The van der Waals surface area contributed by atoms with Crippen LogP contribution >= 0.6 is 0 Å². The van der Waals surface area contributed by atoms with Gasteiger partial charge in [-0.25, -0.2) is 0 Å². The van der Waals surface area contributed by atoms with Crippen LogP contribution in [-0.2, 0) is 6.54 Å². The average Bonchev–Trinajstić information content (AvgIpc) is 2.30. The predicted molar refractivity (Wildman–Crippen MR) is 64.6 cm³/mol. The van der Waals surface area contributed by atoms with Crippen molar-refractivity contribution in [2.75, 3.05) is 13.1 Å². The third-order valence-corrected chi connectivity index (χ3v) is 2.84. The molecule has 0 radical (unpaired) electrons. The largest absolute Gasteiger partial charge is 0.485 e. The second-order valence-electron chi connectivity index (χ2n) is 4.14. The molecule has 1 aliphatic heterocycles. The molecule has 3 nitrogen and oxygen atoms in total. The smallest absolute Gasteiger partial charge is 0.423 e. The number of rotatable bonds is 3. The van der Waals surface area contributed by atoms with Gasteiger partial charge in [0.25, 0.3) is 0 Å². The van der Waals surface area contributed by atoms with Crippen molar-refractivity contribution in [1.82, 2.24) is 4.90 Å². The van der Waals surface area contributed by atoms with Gasteiger partial charge in [0, 0.05) is 19.6 Å². The minimum Gasteiger partial charge on any atom is -0.423 e. The van der Waals surface area contributed by atoms with E-state index in [-0.39, 0.29) is 0 Å². The summed E-state index contributed by atoms with van der Waals surface area (Å²) < 4.78 is 0. The Morgan fingerprint density at radius 2 is 1.94 bits per heavy atom. The van der Waals surface area contributed by atoms with Crippen LogP contribution in [-0.4, -0.2) is 35.2 Å². The Balaban J connectivity index is 1.95. The minimum absolute atomic E-state index is 0.645. The Morgan fingerprint density at radius 3 is 2.62 bits per heavy atom. The van der Waals surface area contributed by atoms with E-state index in [2.05, 4.69) is 17.0 Å². The molecule has 84 valence electrons. The van der Waals surface area contributed by atoms with E-state index in [1.54, 1.807) is 0 Å². The van der Waals surface area contributed by atoms with Crippen molar-refractivity contribution in [2.45, 2.75) is 13.0 Å². The van der Waals surface area contributed by atoms with Gasteiger partial charge < -0.3 is 10.0 Å². The van der Waals surface area contributed by atoms with E-state index >= 15 is 0 Å². The summed E-state index contributed by atoms with van der Waals surface area (Å²) in [4.78, 5) is 2.23. The number of benzene rings is 1. The zero-order valence-electron chi connectivity index (χ0n) is 9.21. The van der Waals surface area contributed by atoms with Crippen LogP contribution in [0.25, 0.3) is 0 Å². The van der Waals surface area contributed by atoms with Crippen LogP contribution in [0.4, 0.5) is 0 Å². The zero-order chi connectivity index (χ0) is 11.4. The standard InChI is InChI=1S/C12H16BNO2/c15-13(16)12-7-4-8-14(10-12)9-11-5-2-1-3-6-11/h1-3,5-7,15-16H,4,8-10H2. The highest BCUT2D eigenvalue weighted by Gasteiger charge is 2.20. The first-order valence-electron chi connectivity index (χ1n) is 5.57. The fourth-order valence-electron chi connectivity index (χ4n) is 2.00. The Kier molecular flexibility index (Phi) is 3.77. The fraction of sp³-hybridized carbons (Fsp3) is 0.333. The number of hydrogen-bond acceptors (Lipinski definition) is 3. The van der Waals surface area contributed by atoms with Crippen LogP contribution in [0.1, 0.15) is 12.0 Å². The Bertz CT molecular complexity index is 365. The van der Waals surface area contributed by atoms with E-state index in [4.69, 9.17) is 10.0 Å². The van der Waals surface area contributed by atoms with Gasteiger partial charge in [0.2, 0.25) is 0 Å². The molecule has 0 saturated carbocycles. The van der Waals surface area contributed by atoms with E-state index in [0.717, 1.165) is 19.5 Å². The van der Waals surface area contributed by atoms with Gasteiger partial charge in [-0.15, -0.1) is 0 Å². The molecule has 1 aromatic carbocycles. The average molecular weight is 217 g/mol.